The number of carbonyl (C=O) groups is 1. The highest BCUT2D eigenvalue weighted by Crippen LogP contribution is 2.19. The molecule has 1 atom stereocenters. The van der Waals surface area contributed by atoms with Gasteiger partial charge in [0.15, 0.2) is 0 Å². The van der Waals surface area contributed by atoms with Crippen LogP contribution in [0, 0.1) is 0 Å². The molecule has 1 aromatic rings. The number of aromatic nitrogens is 1. The van der Waals surface area contributed by atoms with Gasteiger partial charge in [0.05, 0.1) is 18.9 Å². The van der Waals surface area contributed by atoms with Crippen molar-refractivity contribution in [3.05, 3.63) is 24.0 Å². The molecule has 5 heteroatoms. The standard InChI is InChI=1S/C13H20N2O3/c1-4-13(2,6-8-16)15-12(17)10-5-7-14-9-11(10)18-3/h5,7,9,16H,4,6,8H2,1-3H3,(H,15,17). The zero-order chi connectivity index (χ0) is 13.6. The molecule has 5 nitrogen and oxygen atoms in total. The number of aliphatic hydroxyl groups excluding tert-OH is 1. The highest BCUT2D eigenvalue weighted by molar-refractivity contribution is 5.97. The fourth-order valence-electron chi connectivity index (χ4n) is 1.65. The quantitative estimate of drug-likeness (QED) is 0.802. The first kappa shape index (κ1) is 14.4. The first-order valence-corrected chi connectivity index (χ1v) is 5.97. The lowest BCUT2D eigenvalue weighted by Crippen LogP contribution is -2.46. The molecule has 0 aliphatic carbocycles. The number of pyridine rings is 1. The lowest BCUT2D eigenvalue weighted by atomic mass is 9.94. The highest BCUT2D eigenvalue weighted by Gasteiger charge is 2.25. The van der Waals surface area contributed by atoms with E-state index in [0.717, 1.165) is 6.42 Å². The lowest BCUT2D eigenvalue weighted by molar-refractivity contribution is 0.0883. The van der Waals surface area contributed by atoms with E-state index in [1.807, 2.05) is 13.8 Å². The maximum atomic E-state index is 12.2. The van der Waals surface area contributed by atoms with E-state index < -0.39 is 5.54 Å². The Balaban J connectivity index is 2.87. The van der Waals surface area contributed by atoms with Crippen LogP contribution in [0.4, 0.5) is 0 Å². The van der Waals surface area contributed by atoms with E-state index >= 15 is 0 Å². The summed E-state index contributed by atoms with van der Waals surface area (Å²) in [7, 11) is 1.50. The third kappa shape index (κ3) is 3.43. The molecule has 0 spiro atoms. The van der Waals surface area contributed by atoms with Gasteiger partial charge in [0.1, 0.15) is 5.75 Å². The van der Waals surface area contributed by atoms with Crippen LogP contribution in [-0.4, -0.2) is 35.3 Å². The van der Waals surface area contributed by atoms with Crippen LogP contribution in [0.5, 0.6) is 5.75 Å². The topological polar surface area (TPSA) is 71.5 Å². The van der Waals surface area contributed by atoms with Crippen molar-refractivity contribution in [3.63, 3.8) is 0 Å². The molecule has 0 aliphatic rings. The molecule has 0 saturated carbocycles. The van der Waals surface area contributed by atoms with E-state index in [-0.39, 0.29) is 12.5 Å². The van der Waals surface area contributed by atoms with Crippen LogP contribution >= 0.6 is 0 Å². The Morgan fingerprint density at radius 2 is 2.33 bits per heavy atom. The van der Waals surface area contributed by atoms with Crippen molar-refractivity contribution < 1.29 is 14.6 Å². The summed E-state index contributed by atoms with van der Waals surface area (Å²) in [5.41, 5.74) is 0.0326. The van der Waals surface area contributed by atoms with Crippen molar-refractivity contribution in [1.29, 1.82) is 0 Å². The van der Waals surface area contributed by atoms with Gasteiger partial charge in [-0.1, -0.05) is 6.92 Å². The summed E-state index contributed by atoms with van der Waals surface area (Å²) >= 11 is 0. The Morgan fingerprint density at radius 3 is 2.89 bits per heavy atom. The van der Waals surface area contributed by atoms with Gasteiger partial charge in [-0.25, -0.2) is 0 Å². The molecule has 100 valence electrons. The Bertz CT molecular complexity index is 409. The molecule has 1 aromatic heterocycles. The fourth-order valence-corrected chi connectivity index (χ4v) is 1.65. The maximum Gasteiger partial charge on any atom is 0.255 e. The van der Waals surface area contributed by atoms with Crippen LogP contribution in [0.3, 0.4) is 0 Å². The number of rotatable bonds is 6. The number of ether oxygens (including phenoxy) is 1. The fraction of sp³-hybridized carbons (Fsp3) is 0.538. The number of methoxy groups -OCH3 is 1. The summed E-state index contributed by atoms with van der Waals surface area (Å²) in [6, 6.07) is 1.61. The zero-order valence-corrected chi connectivity index (χ0v) is 11.1. The Morgan fingerprint density at radius 1 is 1.61 bits per heavy atom. The van der Waals surface area contributed by atoms with Gasteiger partial charge in [-0.2, -0.15) is 0 Å². The number of carbonyl (C=O) groups excluding carboxylic acids is 1. The number of hydrogen-bond donors (Lipinski definition) is 2. The van der Waals surface area contributed by atoms with E-state index in [1.165, 1.54) is 13.3 Å². The summed E-state index contributed by atoms with van der Waals surface area (Å²) < 4.78 is 5.10. The first-order chi connectivity index (χ1) is 8.56. The summed E-state index contributed by atoms with van der Waals surface area (Å²) in [5, 5.41) is 12.0. The number of nitrogens with one attached hydrogen (secondary N) is 1. The molecular weight excluding hydrogens is 232 g/mol. The number of nitrogens with zero attached hydrogens (tertiary/aromatic N) is 1. The van der Waals surface area contributed by atoms with Gasteiger partial charge >= 0.3 is 0 Å². The average molecular weight is 252 g/mol. The molecule has 2 N–H and O–H groups in total. The molecule has 0 fully saturated rings. The van der Waals surface area contributed by atoms with E-state index in [1.54, 1.807) is 12.3 Å². The summed E-state index contributed by atoms with van der Waals surface area (Å²) in [6.45, 7) is 3.92. The van der Waals surface area contributed by atoms with Crippen molar-refractivity contribution in [1.82, 2.24) is 10.3 Å². The van der Waals surface area contributed by atoms with Crippen LogP contribution in [0.1, 0.15) is 37.0 Å². The molecule has 1 rings (SSSR count). The molecule has 0 radical (unpaired) electrons. The van der Waals surface area contributed by atoms with Crippen LogP contribution in [0.25, 0.3) is 0 Å². The van der Waals surface area contributed by atoms with Crippen molar-refractivity contribution in [2.45, 2.75) is 32.2 Å². The second-order valence-electron chi connectivity index (χ2n) is 4.42. The van der Waals surface area contributed by atoms with E-state index in [9.17, 15) is 4.79 Å². The van der Waals surface area contributed by atoms with Crippen molar-refractivity contribution in [2.24, 2.45) is 0 Å². The summed E-state index contributed by atoms with van der Waals surface area (Å²) in [5.74, 6) is 0.226. The minimum atomic E-state index is -0.417. The minimum Gasteiger partial charge on any atom is -0.494 e. The molecule has 0 aliphatic heterocycles. The van der Waals surface area contributed by atoms with Gasteiger partial charge in [0, 0.05) is 18.3 Å². The Hall–Kier alpha value is -1.62. The van der Waals surface area contributed by atoms with E-state index in [2.05, 4.69) is 10.3 Å². The van der Waals surface area contributed by atoms with Crippen molar-refractivity contribution in [2.75, 3.05) is 13.7 Å². The molecule has 1 amide bonds. The third-order valence-electron chi connectivity index (χ3n) is 3.11. The van der Waals surface area contributed by atoms with Crippen LogP contribution in [0.15, 0.2) is 18.5 Å². The van der Waals surface area contributed by atoms with Gasteiger partial charge in [-0.05, 0) is 25.8 Å². The predicted molar refractivity (Wildman–Crippen MR) is 68.7 cm³/mol. The van der Waals surface area contributed by atoms with E-state index in [0.29, 0.717) is 17.7 Å². The monoisotopic (exact) mass is 252 g/mol. The van der Waals surface area contributed by atoms with Gasteiger partial charge in [0.2, 0.25) is 0 Å². The Labute approximate surface area is 107 Å². The summed E-state index contributed by atoms with van der Waals surface area (Å²) in [6.07, 6.45) is 4.31. The van der Waals surface area contributed by atoms with Crippen molar-refractivity contribution >= 4 is 5.91 Å². The maximum absolute atomic E-state index is 12.2. The molecule has 1 heterocycles. The van der Waals surface area contributed by atoms with Crippen LogP contribution in [-0.2, 0) is 0 Å². The van der Waals surface area contributed by atoms with Crippen LogP contribution < -0.4 is 10.1 Å². The van der Waals surface area contributed by atoms with Gasteiger partial charge in [0.25, 0.3) is 5.91 Å². The molecule has 18 heavy (non-hydrogen) atoms. The second kappa shape index (κ2) is 6.35. The smallest absolute Gasteiger partial charge is 0.255 e. The minimum absolute atomic E-state index is 0.0398. The van der Waals surface area contributed by atoms with Gasteiger partial charge in [-0.3, -0.25) is 9.78 Å². The van der Waals surface area contributed by atoms with Crippen molar-refractivity contribution in [3.8, 4) is 5.75 Å². The number of hydrogen-bond acceptors (Lipinski definition) is 4. The molecule has 0 saturated heterocycles. The van der Waals surface area contributed by atoms with Gasteiger partial charge in [-0.15, -0.1) is 0 Å². The predicted octanol–water partition coefficient (Wildman–Crippen LogP) is 1.37. The molecule has 0 bridgehead atoms. The molecular formula is C13H20N2O3. The second-order valence-corrected chi connectivity index (χ2v) is 4.42. The number of amides is 1. The summed E-state index contributed by atoms with van der Waals surface area (Å²) in [4.78, 5) is 16.1. The normalized spacial score (nSPS) is 13.8. The third-order valence-corrected chi connectivity index (χ3v) is 3.11. The van der Waals surface area contributed by atoms with Gasteiger partial charge < -0.3 is 15.2 Å². The van der Waals surface area contributed by atoms with E-state index in [4.69, 9.17) is 9.84 Å². The SMILES string of the molecule is CCC(C)(CCO)NC(=O)c1ccncc1OC. The molecule has 1 unspecified atom stereocenters. The van der Waals surface area contributed by atoms with Crippen LogP contribution in [0.2, 0.25) is 0 Å². The largest absolute Gasteiger partial charge is 0.494 e. The zero-order valence-electron chi connectivity index (χ0n) is 11.1. The first-order valence-electron chi connectivity index (χ1n) is 5.97. The lowest BCUT2D eigenvalue weighted by Gasteiger charge is -2.29. The Kier molecular flexibility index (Phi) is 5.09. The number of aliphatic hydroxyl groups is 1. The highest BCUT2D eigenvalue weighted by atomic mass is 16.5. The molecule has 0 aromatic carbocycles. The average Bonchev–Trinajstić information content (AvgIpc) is 2.38.